The Kier molecular flexibility index (Phi) is 2.54. The number of hydrogen-bond acceptors (Lipinski definition) is 2. The van der Waals surface area contributed by atoms with Crippen molar-refractivity contribution in [1.82, 2.24) is 4.98 Å². The first-order chi connectivity index (χ1) is 7.27. The Morgan fingerprint density at radius 1 is 1.00 bits per heavy atom. The van der Waals surface area contributed by atoms with Crippen molar-refractivity contribution in [3.05, 3.63) is 65.7 Å². The number of rotatable bonds is 2. The second-order valence-electron chi connectivity index (χ2n) is 3.04. The first-order valence-corrected chi connectivity index (χ1v) is 4.50. The predicted molar refractivity (Wildman–Crippen MR) is 54.1 cm³/mol. The van der Waals surface area contributed by atoms with E-state index in [1.165, 1.54) is 18.2 Å². The van der Waals surface area contributed by atoms with Gasteiger partial charge in [-0.1, -0.05) is 36.4 Å². The van der Waals surface area contributed by atoms with Crippen LogP contribution >= 0.6 is 0 Å². The molecule has 1 heterocycles. The van der Waals surface area contributed by atoms with E-state index < -0.39 is 5.95 Å². The number of pyridine rings is 1. The number of halogens is 1. The highest BCUT2D eigenvalue weighted by molar-refractivity contribution is 6.07. The van der Waals surface area contributed by atoms with E-state index in [1.54, 1.807) is 24.3 Å². The molecule has 0 aliphatic rings. The lowest BCUT2D eigenvalue weighted by atomic mass is 10.1. The molecule has 0 aliphatic heterocycles. The lowest BCUT2D eigenvalue weighted by Gasteiger charge is -1.99. The molecule has 15 heavy (non-hydrogen) atoms. The Bertz CT molecular complexity index is 482. The molecule has 0 fully saturated rings. The Balaban J connectivity index is 2.37. The molecular formula is C12H8FNO. The fraction of sp³-hybridized carbons (Fsp3) is 0. The first-order valence-electron chi connectivity index (χ1n) is 4.50. The number of carbonyl (C=O) groups excluding carboxylic acids is 1. The van der Waals surface area contributed by atoms with Crippen LogP contribution in [0, 0.1) is 5.95 Å². The predicted octanol–water partition coefficient (Wildman–Crippen LogP) is 2.45. The summed E-state index contributed by atoms with van der Waals surface area (Å²) in [5, 5.41) is 0. The number of ketones is 1. The zero-order valence-corrected chi connectivity index (χ0v) is 7.85. The standard InChI is InChI=1S/C12H8FNO/c13-11-8-4-7-10(14-11)12(15)9-5-2-1-3-6-9/h1-8H. The molecule has 0 saturated heterocycles. The zero-order chi connectivity index (χ0) is 10.7. The minimum Gasteiger partial charge on any atom is -0.287 e. The fourth-order valence-electron chi connectivity index (χ4n) is 1.27. The number of benzene rings is 1. The average Bonchev–Trinajstić information content (AvgIpc) is 2.29. The van der Waals surface area contributed by atoms with Crippen LogP contribution < -0.4 is 0 Å². The van der Waals surface area contributed by atoms with E-state index in [2.05, 4.69) is 4.98 Å². The van der Waals surface area contributed by atoms with Gasteiger partial charge in [0.05, 0.1) is 0 Å². The van der Waals surface area contributed by atoms with E-state index in [9.17, 15) is 9.18 Å². The molecule has 0 N–H and O–H groups in total. The third kappa shape index (κ3) is 2.07. The van der Waals surface area contributed by atoms with E-state index in [-0.39, 0.29) is 11.5 Å². The summed E-state index contributed by atoms with van der Waals surface area (Å²) in [7, 11) is 0. The summed E-state index contributed by atoms with van der Waals surface area (Å²) in [6.07, 6.45) is 0. The van der Waals surface area contributed by atoms with Gasteiger partial charge in [0.25, 0.3) is 0 Å². The van der Waals surface area contributed by atoms with E-state index >= 15 is 0 Å². The van der Waals surface area contributed by atoms with Gasteiger partial charge in [-0.2, -0.15) is 4.39 Å². The van der Waals surface area contributed by atoms with E-state index in [1.807, 2.05) is 6.07 Å². The average molecular weight is 201 g/mol. The van der Waals surface area contributed by atoms with Gasteiger partial charge in [0.1, 0.15) is 5.69 Å². The first kappa shape index (κ1) is 9.52. The second kappa shape index (κ2) is 4.00. The monoisotopic (exact) mass is 201 g/mol. The number of carbonyl (C=O) groups is 1. The van der Waals surface area contributed by atoms with Crippen molar-refractivity contribution in [3.63, 3.8) is 0 Å². The smallest absolute Gasteiger partial charge is 0.213 e. The molecule has 3 heteroatoms. The largest absolute Gasteiger partial charge is 0.287 e. The van der Waals surface area contributed by atoms with Gasteiger partial charge in [-0.3, -0.25) is 4.79 Å². The van der Waals surface area contributed by atoms with Gasteiger partial charge in [0.2, 0.25) is 11.7 Å². The van der Waals surface area contributed by atoms with E-state index in [0.29, 0.717) is 5.56 Å². The van der Waals surface area contributed by atoms with Gasteiger partial charge in [0.15, 0.2) is 0 Å². The van der Waals surface area contributed by atoms with Crippen molar-refractivity contribution in [2.24, 2.45) is 0 Å². The summed E-state index contributed by atoms with van der Waals surface area (Å²) in [5.74, 6) is -0.910. The molecular weight excluding hydrogens is 193 g/mol. The van der Waals surface area contributed by atoms with E-state index in [4.69, 9.17) is 0 Å². The molecule has 1 aromatic heterocycles. The lowest BCUT2D eigenvalue weighted by Crippen LogP contribution is -2.04. The van der Waals surface area contributed by atoms with Crippen LogP contribution in [0.5, 0.6) is 0 Å². The van der Waals surface area contributed by atoms with Gasteiger partial charge in [-0.25, -0.2) is 4.98 Å². The number of nitrogens with zero attached hydrogens (tertiary/aromatic N) is 1. The van der Waals surface area contributed by atoms with Crippen molar-refractivity contribution < 1.29 is 9.18 Å². The minimum absolute atomic E-state index is 0.126. The Morgan fingerprint density at radius 3 is 2.40 bits per heavy atom. The van der Waals surface area contributed by atoms with Gasteiger partial charge in [0, 0.05) is 5.56 Å². The lowest BCUT2D eigenvalue weighted by molar-refractivity contribution is 0.103. The van der Waals surface area contributed by atoms with Crippen LogP contribution in [0.25, 0.3) is 0 Å². The van der Waals surface area contributed by atoms with Gasteiger partial charge < -0.3 is 0 Å². The minimum atomic E-state index is -0.642. The van der Waals surface area contributed by atoms with Crippen LogP contribution in [0.2, 0.25) is 0 Å². The van der Waals surface area contributed by atoms with Crippen molar-refractivity contribution in [2.45, 2.75) is 0 Å². The highest BCUT2D eigenvalue weighted by Gasteiger charge is 2.09. The number of hydrogen-bond donors (Lipinski definition) is 0. The molecule has 0 aliphatic carbocycles. The molecule has 0 saturated carbocycles. The molecule has 2 aromatic rings. The van der Waals surface area contributed by atoms with Crippen molar-refractivity contribution >= 4 is 5.78 Å². The molecule has 0 bridgehead atoms. The molecule has 0 unspecified atom stereocenters. The Labute approximate surface area is 86.4 Å². The summed E-state index contributed by atoms with van der Waals surface area (Å²) >= 11 is 0. The highest BCUT2D eigenvalue weighted by atomic mass is 19.1. The van der Waals surface area contributed by atoms with Crippen LogP contribution in [-0.2, 0) is 0 Å². The van der Waals surface area contributed by atoms with Crippen LogP contribution in [0.3, 0.4) is 0 Å². The Hall–Kier alpha value is -2.03. The highest BCUT2D eigenvalue weighted by Crippen LogP contribution is 2.07. The molecule has 74 valence electrons. The molecule has 0 spiro atoms. The summed E-state index contributed by atoms with van der Waals surface area (Å²) in [6, 6.07) is 12.9. The molecule has 1 aromatic carbocycles. The third-order valence-electron chi connectivity index (χ3n) is 1.98. The van der Waals surface area contributed by atoms with Crippen LogP contribution in [0.1, 0.15) is 16.1 Å². The molecule has 2 rings (SSSR count). The van der Waals surface area contributed by atoms with E-state index in [0.717, 1.165) is 0 Å². The fourth-order valence-corrected chi connectivity index (χ4v) is 1.27. The normalized spacial score (nSPS) is 9.93. The molecule has 0 radical (unpaired) electrons. The summed E-state index contributed by atoms with van der Waals surface area (Å²) in [4.78, 5) is 15.3. The molecule has 0 amide bonds. The van der Waals surface area contributed by atoms with Crippen LogP contribution in [-0.4, -0.2) is 10.8 Å². The third-order valence-corrected chi connectivity index (χ3v) is 1.98. The summed E-state index contributed by atoms with van der Waals surface area (Å²) in [6.45, 7) is 0. The Morgan fingerprint density at radius 2 is 1.73 bits per heavy atom. The van der Waals surface area contributed by atoms with Crippen LogP contribution in [0.15, 0.2) is 48.5 Å². The topological polar surface area (TPSA) is 30.0 Å². The summed E-state index contributed by atoms with van der Waals surface area (Å²) in [5.41, 5.74) is 0.636. The maximum atomic E-state index is 12.8. The molecule has 2 nitrogen and oxygen atoms in total. The van der Waals surface area contributed by atoms with Crippen molar-refractivity contribution in [3.8, 4) is 0 Å². The second-order valence-corrected chi connectivity index (χ2v) is 3.04. The maximum absolute atomic E-state index is 12.8. The maximum Gasteiger partial charge on any atom is 0.213 e. The SMILES string of the molecule is O=C(c1ccccc1)c1cccc(F)n1. The van der Waals surface area contributed by atoms with Crippen molar-refractivity contribution in [1.29, 1.82) is 0 Å². The zero-order valence-electron chi connectivity index (χ0n) is 7.85. The summed E-state index contributed by atoms with van der Waals surface area (Å²) < 4.78 is 12.8. The molecule has 0 atom stereocenters. The van der Waals surface area contributed by atoms with Gasteiger partial charge in [-0.15, -0.1) is 0 Å². The van der Waals surface area contributed by atoms with Crippen molar-refractivity contribution in [2.75, 3.05) is 0 Å². The number of aromatic nitrogens is 1. The van der Waals surface area contributed by atoms with Gasteiger partial charge in [-0.05, 0) is 12.1 Å². The van der Waals surface area contributed by atoms with Gasteiger partial charge >= 0.3 is 0 Å². The van der Waals surface area contributed by atoms with Crippen LogP contribution in [0.4, 0.5) is 4.39 Å². The quantitative estimate of drug-likeness (QED) is 0.551.